The van der Waals surface area contributed by atoms with Crippen molar-refractivity contribution >= 4 is 0 Å². The van der Waals surface area contributed by atoms with Crippen LogP contribution in [0, 0.1) is 5.92 Å². The Balaban J connectivity index is 2.17. The van der Waals surface area contributed by atoms with Gasteiger partial charge in [0.05, 0.1) is 0 Å². The summed E-state index contributed by atoms with van der Waals surface area (Å²) in [5.41, 5.74) is 5.57. The molecule has 2 heteroatoms. The van der Waals surface area contributed by atoms with Crippen LogP contribution in [0.4, 0.5) is 0 Å². The molecule has 0 heterocycles. The fraction of sp³-hybridized carbons (Fsp3) is 1.00. The van der Waals surface area contributed by atoms with Crippen LogP contribution in [0.15, 0.2) is 0 Å². The third-order valence-corrected chi connectivity index (χ3v) is 2.59. The average Bonchev–Trinajstić information content (AvgIpc) is 2.05. The molecular formula is C8H18N2. The van der Waals surface area contributed by atoms with Gasteiger partial charge < -0.3 is 11.1 Å². The minimum Gasteiger partial charge on any atom is -0.330 e. The van der Waals surface area contributed by atoms with E-state index in [0.717, 1.165) is 18.5 Å². The summed E-state index contributed by atoms with van der Waals surface area (Å²) in [4.78, 5) is 0. The first-order valence-electron chi connectivity index (χ1n) is 4.24. The quantitative estimate of drug-likeness (QED) is 0.596. The summed E-state index contributed by atoms with van der Waals surface area (Å²) < 4.78 is 0. The molecule has 1 rings (SSSR count). The Hall–Kier alpha value is -0.0800. The van der Waals surface area contributed by atoms with E-state index in [4.69, 9.17) is 5.73 Å². The maximum absolute atomic E-state index is 5.57. The van der Waals surface area contributed by atoms with Crippen molar-refractivity contribution in [3.05, 3.63) is 0 Å². The van der Waals surface area contributed by atoms with Crippen molar-refractivity contribution < 1.29 is 0 Å². The van der Waals surface area contributed by atoms with Crippen LogP contribution < -0.4 is 11.1 Å². The molecule has 0 spiro atoms. The molecule has 1 aliphatic rings. The van der Waals surface area contributed by atoms with Crippen molar-refractivity contribution in [3.63, 3.8) is 0 Å². The van der Waals surface area contributed by atoms with Crippen LogP contribution in [0.3, 0.4) is 0 Å². The molecule has 0 radical (unpaired) electrons. The minimum absolute atomic E-state index is 0.766. The Morgan fingerprint density at radius 1 is 1.30 bits per heavy atom. The summed E-state index contributed by atoms with van der Waals surface area (Å²) in [6.07, 6.45) is 5.28. The first kappa shape index (κ1) is 8.02. The summed E-state index contributed by atoms with van der Waals surface area (Å²) in [6, 6.07) is 0.766. The third-order valence-electron chi connectivity index (χ3n) is 2.59. The van der Waals surface area contributed by atoms with Gasteiger partial charge in [-0.15, -0.1) is 0 Å². The van der Waals surface area contributed by atoms with Crippen molar-refractivity contribution in [2.45, 2.75) is 31.7 Å². The highest BCUT2D eigenvalue weighted by Crippen LogP contribution is 2.22. The molecule has 0 unspecified atom stereocenters. The predicted molar refractivity (Wildman–Crippen MR) is 43.9 cm³/mol. The van der Waals surface area contributed by atoms with Crippen LogP contribution in [0.5, 0.6) is 0 Å². The van der Waals surface area contributed by atoms with Crippen LogP contribution in [-0.2, 0) is 0 Å². The molecule has 0 aliphatic heterocycles. The van der Waals surface area contributed by atoms with E-state index in [-0.39, 0.29) is 0 Å². The molecule has 0 saturated heterocycles. The van der Waals surface area contributed by atoms with Crippen LogP contribution in [0.25, 0.3) is 0 Å². The van der Waals surface area contributed by atoms with E-state index in [1.54, 1.807) is 0 Å². The lowest BCUT2D eigenvalue weighted by molar-refractivity contribution is 0.307. The lowest BCUT2D eigenvalue weighted by atomic mass is 9.86. The van der Waals surface area contributed by atoms with Crippen molar-refractivity contribution in [3.8, 4) is 0 Å². The molecule has 1 aliphatic carbocycles. The third kappa shape index (κ3) is 1.96. The van der Waals surface area contributed by atoms with Crippen LogP contribution in [0.2, 0.25) is 0 Å². The van der Waals surface area contributed by atoms with Crippen molar-refractivity contribution in [2.75, 3.05) is 13.6 Å². The van der Waals surface area contributed by atoms with E-state index in [9.17, 15) is 0 Å². The molecule has 0 atom stereocenters. The highest BCUT2D eigenvalue weighted by Gasteiger charge is 2.17. The van der Waals surface area contributed by atoms with Crippen LogP contribution in [0.1, 0.15) is 25.7 Å². The van der Waals surface area contributed by atoms with E-state index < -0.39 is 0 Å². The molecule has 0 aromatic carbocycles. The SMILES string of the molecule is CN[C@H]1CC[C@@H](CN)CC1. The van der Waals surface area contributed by atoms with Gasteiger partial charge in [-0.1, -0.05) is 0 Å². The van der Waals surface area contributed by atoms with E-state index in [0.29, 0.717) is 0 Å². The zero-order valence-corrected chi connectivity index (χ0v) is 6.77. The van der Waals surface area contributed by atoms with Gasteiger partial charge in [-0.3, -0.25) is 0 Å². The highest BCUT2D eigenvalue weighted by molar-refractivity contribution is 4.75. The average molecular weight is 142 g/mol. The normalized spacial score (nSPS) is 34.2. The summed E-state index contributed by atoms with van der Waals surface area (Å²) in [5, 5.41) is 3.31. The van der Waals surface area contributed by atoms with E-state index in [2.05, 4.69) is 5.32 Å². The molecule has 60 valence electrons. The maximum atomic E-state index is 5.57. The second-order valence-electron chi connectivity index (χ2n) is 3.24. The molecule has 1 saturated carbocycles. The lowest BCUT2D eigenvalue weighted by Gasteiger charge is -2.26. The van der Waals surface area contributed by atoms with Gasteiger partial charge in [0.2, 0.25) is 0 Å². The Kier molecular flexibility index (Phi) is 3.16. The van der Waals surface area contributed by atoms with Gasteiger partial charge in [-0.05, 0) is 45.2 Å². The molecule has 2 nitrogen and oxygen atoms in total. The molecule has 10 heavy (non-hydrogen) atoms. The van der Waals surface area contributed by atoms with Gasteiger partial charge in [-0.2, -0.15) is 0 Å². The van der Waals surface area contributed by atoms with Crippen molar-refractivity contribution in [2.24, 2.45) is 11.7 Å². The summed E-state index contributed by atoms with van der Waals surface area (Å²) in [5.74, 6) is 0.810. The van der Waals surface area contributed by atoms with Gasteiger partial charge in [0.15, 0.2) is 0 Å². The van der Waals surface area contributed by atoms with E-state index in [1.807, 2.05) is 7.05 Å². The Morgan fingerprint density at radius 2 is 1.90 bits per heavy atom. The summed E-state index contributed by atoms with van der Waals surface area (Å²) >= 11 is 0. The zero-order chi connectivity index (χ0) is 7.40. The molecule has 3 N–H and O–H groups in total. The van der Waals surface area contributed by atoms with Crippen molar-refractivity contribution in [1.29, 1.82) is 0 Å². The Bertz CT molecular complexity index is 73.3. The minimum atomic E-state index is 0.766. The topological polar surface area (TPSA) is 38.0 Å². The molecule has 0 amide bonds. The van der Waals surface area contributed by atoms with Crippen molar-refractivity contribution in [1.82, 2.24) is 5.32 Å². The monoisotopic (exact) mass is 142 g/mol. The zero-order valence-electron chi connectivity index (χ0n) is 6.77. The van der Waals surface area contributed by atoms with Gasteiger partial charge >= 0.3 is 0 Å². The second-order valence-corrected chi connectivity index (χ2v) is 3.24. The molecule has 0 bridgehead atoms. The van der Waals surface area contributed by atoms with Gasteiger partial charge in [0.1, 0.15) is 0 Å². The molecule has 0 aromatic rings. The Labute approximate surface area is 63.2 Å². The second kappa shape index (κ2) is 3.94. The largest absolute Gasteiger partial charge is 0.330 e. The van der Waals surface area contributed by atoms with Gasteiger partial charge in [-0.25, -0.2) is 0 Å². The predicted octanol–water partition coefficient (Wildman–Crippen LogP) is 0.723. The number of nitrogens with two attached hydrogens (primary N) is 1. The fourth-order valence-electron chi connectivity index (χ4n) is 1.69. The van der Waals surface area contributed by atoms with Gasteiger partial charge in [0, 0.05) is 6.04 Å². The molecular weight excluding hydrogens is 124 g/mol. The number of nitrogens with one attached hydrogen (secondary N) is 1. The number of rotatable bonds is 2. The summed E-state index contributed by atoms with van der Waals surface area (Å²) in [7, 11) is 2.05. The van der Waals surface area contributed by atoms with E-state index >= 15 is 0 Å². The summed E-state index contributed by atoms with van der Waals surface area (Å²) in [6.45, 7) is 0.885. The van der Waals surface area contributed by atoms with Crippen LogP contribution >= 0.6 is 0 Å². The smallest absolute Gasteiger partial charge is 0.00642 e. The molecule has 1 fully saturated rings. The maximum Gasteiger partial charge on any atom is 0.00642 e. The first-order chi connectivity index (χ1) is 4.86. The standard InChI is InChI=1S/C8H18N2/c1-10-8-4-2-7(6-9)3-5-8/h7-8,10H,2-6,9H2,1H3/t7-,8+. The number of hydrogen-bond acceptors (Lipinski definition) is 2. The lowest BCUT2D eigenvalue weighted by Crippen LogP contribution is -2.32. The number of hydrogen-bond donors (Lipinski definition) is 2. The Morgan fingerprint density at radius 3 is 2.30 bits per heavy atom. The van der Waals surface area contributed by atoms with Gasteiger partial charge in [0.25, 0.3) is 0 Å². The van der Waals surface area contributed by atoms with E-state index in [1.165, 1.54) is 25.7 Å². The molecule has 0 aromatic heterocycles. The fourth-order valence-corrected chi connectivity index (χ4v) is 1.69. The first-order valence-corrected chi connectivity index (χ1v) is 4.24. The highest BCUT2D eigenvalue weighted by atomic mass is 14.9. The van der Waals surface area contributed by atoms with Crippen LogP contribution in [-0.4, -0.2) is 19.6 Å².